The summed E-state index contributed by atoms with van der Waals surface area (Å²) in [6.07, 6.45) is 0.219. The van der Waals surface area contributed by atoms with Crippen LogP contribution in [0.3, 0.4) is 0 Å². The zero-order chi connectivity index (χ0) is 13.8. The first-order valence-electron chi connectivity index (χ1n) is 6.42. The van der Waals surface area contributed by atoms with Crippen LogP contribution in [0.25, 0.3) is 0 Å². The lowest BCUT2D eigenvalue weighted by atomic mass is 9.85. The molecule has 0 heterocycles. The van der Waals surface area contributed by atoms with E-state index in [-0.39, 0.29) is 24.9 Å². The van der Waals surface area contributed by atoms with Crippen LogP contribution in [0.4, 0.5) is 13.2 Å². The van der Waals surface area contributed by atoms with Crippen molar-refractivity contribution in [3.8, 4) is 0 Å². The van der Waals surface area contributed by atoms with Gasteiger partial charge in [-0.05, 0) is 32.6 Å². The van der Waals surface area contributed by atoms with E-state index in [1.54, 1.807) is 6.26 Å². The van der Waals surface area contributed by atoms with Gasteiger partial charge in [0.1, 0.15) is 0 Å². The number of nitrogens with one attached hydrogen (secondary N) is 1. The van der Waals surface area contributed by atoms with E-state index in [2.05, 4.69) is 5.32 Å². The van der Waals surface area contributed by atoms with Crippen molar-refractivity contribution in [3.05, 3.63) is 0 Å². The van der Waals surface area contributed by atoms with Crippen molar-refractivity contribution < 1.29 is 17.4 Å². The van der Waals surface area contributed by atoms with Crippen LogP contribution in [0.15, 0.2) is 0 Å². The minimum absolute atomic E-state index is 0.0503. The van der Waals surface area contributed by atoms with Gasteiger partial charge in [-0.2, -0.15) is 13.2 Å². The van der Waals surface area contributed by atoms with E-state index in [0.717, 1.165) is 12.8 Å². The molecule has 0 aromatic rings. The Morgan fingerprint density at radius 1 is 1.39 bits per heavy atom. The average molecular weight is 285 g/mol. The normalized spacial score (nSPS) is 28.9. The van der Waals surface area contributed by atoms with Crippen LogP contribution in [-0.4, -0.2) is 34.5 Å². The van der Waals surface area contributed by atoms with Gasteiger partial charge in [0.25, 0.3) is 0 Å². The summed E-state index contributed by atoms with van der Waals surface area (Å²) in [7, 11) is -0.834. The predicted molar refractivity (Wildman–Crippen MR) is 67.9 cm³/mol. The highest BCUT2D eigenvalue weighted by molar-refractivity contribution is 7.84. The lowest BCUT2D eigenvalue weighted by molar-refractivity contribution is -0.183. The molecule has 0 amide bonds. The Bertz CT molecular complexity index is 283. The summed E-state index contributed by atoms with van der Waals surface area (Å²) in [4.78, 5) is 0. The van der Waals surface area contributed by atoms with Crippen molar-refractivity contribution in [2.24, 2.45) is 5.92 Å². The van der Waals surface area contributed by atoms with E-state index < -0.39 is 22.9 Å². The monoisotopic (exact) mass is 285 g/mol. The molecule has 0 bridgehead atoms. The molecular weight excluding hydrogens is 263 g/mol. The van der Waals surface area contributed by atoms with Gasteiger partial charge in [-0.25, -0.2) is 0 Å². The van der Waals surface area contributed by atoms with Crippen molar-refractivity contribution >= 4 is 10.8 Å². The fourth-order valence-electron chi connectivity index (χ4n) is 2.47. The SMILES string of the molecule is CC(CCS(C)=O)NC1CCCC(C(F)(F)F)C1. The third kappa shape index (κ3) is 5.69. The van der Waals surface area contributed by atoms with Gasteiger partial charge in [-0.1, -0.05) is 6.42 Å². The molecule has 1 rings (SSSR count). The Labute approximate surface area is 109 Å². The minimum atomic E-state index is -4.06. The van der Waals surface area contributed by atoms with Crippen molar-refractivity contribution in [1.82, 2.24) is 5.32 Å². The Morgan fingerprint density at radius 3 is 2.61 bits per heavy atom. The molecule has 2 nitrogen and oxygen atoms in total. The quantitative estimate of drug-likeness (QED) is 0.841. The first-order chi connectivity index (χ1) is 8.29. The average Bonchev–Trinajstić information content (AvgIpc) is 2.25. The van der Waals surface area contributed by atoms with Gasteiger partial charge >= 0.3 is 6.18 Å². The summed E-state index contributed by atoms with van der Waals surface area (Å²) in [5.74, 6) is -0.555. The van der Waals surface area contributed by atoms with E-state index in [1.165, 1.54) is 0 Å². The van der Waals surface area contributed by atoms with E-state index in [0.29, 0.717) is 12.2 Å². The number of alkyl halides is 3. The number of halogens is 3. The zero-order valence-corrected chi connectivity index (χ0v) is 11.7. The lowest BCUT2D eigenvalue weighted by Crippen LogP contribution is -2.42. The molecule has 1 aliphatic rings. The first kappa shape index (κ1) is 16.0. The summed E-state index contributed by atoms with van der Waals surface area (Å²) in [6, 6.07) is 0.0801. The lowest BCUT2D eigenvalue weighted by Gasteiger charge is -2.32. The highest BCUT2D eigenvalue weighted by Crippen LogP contribution is 2.37. The molecule has 0 aliphatic heterocycles. The molecule has 1 saturated carbocycles. The zero-order valence-electron chi connectivity index (χ0n) is 10.9. The van der Waals surface area contributed by atoms with Crippen LogP contribution < -0.4 is 5.32 Å². The van der Waals surface area contributed by atoms with Crippen molar-refractivity contribution in [2.45, 2.75) is 57.3 Å². The molecule has 108 valence electrons. The molecule has 0 saturated heterocycles. The highest BCUT2D eigenvalue weighted by atomic mass is 32.2. The van der Waals surface area contributed by atoms with Crippen molar-refractivity contribution in [2.75, 3.05) is 12.0 Å². The van der Waals surface area contributed by atoms with Crippen LogP contribution in [0.1, 0.15) is 39.0 Å². The Kier molecular flexibility index (Phi) is 6.11. The molecule has 6 heteroatoms. The van der Waals surface area contributed by atoms with Crippen LogP contribution in [-0.2, 0) is 10.8 Å². The smallest absolute Gasteiger partial charge is 0.311 e. The third-order valence-electron chi connectivity index (χ3n) is 3.50. The van der Waals surface area contributed by atoms with E-state index >= 15 is 0 Å². The number of hydrogen-bond donors (Lipinski definition) is 1. The summed E-state index contributed by atoms with van der Waals surface area (Å²) in [5, 5.41) is 3.24. The van der Waals surface area contributed by atoms with Gasteiger partial charge in [-0.15, -0.1) is 0 Å². The fraction of sp³-hybridized carbons (Fsp3) is 1.00. The molecule has 4 atom stereocenters. The summed E-state index contributed by atoms with van der Waals surface area (Å²) in [6.45, 7) is 1.95. The minimum Gasteiger partial charge on any atom is -0.311 e. The second-order valence-corrected chi connectivity index (χ2v) is 6.79. The molecule has 0 aromatic heterocycles. The second-order valence-electron chi connectivity index (χ2n) is 5.24. The van der Waals surface area contributed by atoms with Crippen molar-refractivity contribution in [3.63, 3.8) is 0 Å². The topological polar surface area (TPSA) is 29.1 Å². The van der Waals surface area contributed by atoms with Crippen LogP contribution in [0.2, 0.25) is 0 Å². The maximum Gasteiger partial charge on any atom is 0.391 e. The van der Waals surface area contributed by atoms with E-state index in [9.17, 15) is 17.4 Å². The Morgan fingerprint density at radius 2 is 2.06 bits per heavy atom. The van der Waals surface area contributed by atoms with Crippen LogP contribution in [0, 0.1) is 5.92 Å². The first-order valence-corrected chi connectivity index (χ1v) is 8.14. The van der Waals surface area contributed by atoms with Gasteiger partial charge in [0.2, 0.25) is 0 Å². The highest BCUT2D eigenvalue weighted by Gasteiger charge is 2.42. The van der Waals surface area contributed by atoms with Gasteiger partial charge in [0, 0.05) is 34.9 Å². The molecule has 1 N–H and O–H groups in total. The largest absolute Gasteiger partial charge is 0.391 e. The third-order valence-corrected chi connectivity index (χ3v) is 4.31. The number of hydrogen-bond acceptors (Lipinski definition) is 2. The van der Waals surface area contributed by atoms with Gasteiger partial charge < -0.3 is 5.32 Å². The molecule has 0 spiro atoms. The Balaban J connectivity index is 2.36. The standard InChI is InChI=1S/C12H22F3NOS/c1-9(6-7-18(2)17)16-11-5-3-4-10(8-11)12(13,14)15/h9-11,16H,3-8H2,1-2H3. The molecule has 1 fully saturated rings. The molecule has 18 heavy (non-hydrogen) atoms. The number of rotatable bonds is 5. The second kappa shape index (κ2) is 6.89. The van der Waals surface area contributed by atoms with E-state index in [1.807, 2.05) is 6.92 Å². The summed E-state index contributed by atoms with van der Waals surface area (Å²) >= 11 is 0. The molecule has 0 radical (unpaired) electrons. The maximum atomic E-state index is 12.6. The van der Waals surface area contributed by atoms with Crippen molar-refractivity contribution in [1.29, 1.82) is 0 Å². The van der Waals surface area contributed by atoms with Crippen LogP contribution in [0.5, 0.6) is 0 Å². The Hall–Kier alpha value is -0.100. The molecule has 0 aromatic carbocycles. The predicted octanol–water partition coefficient (Wildman–Crippen LogP) is 2.85. The van der Waals surface area contributed by atoms with E-state index in [4.69, 9.17) is 0 Å². The van der Waals surface area contributed by atoms with Gasteiger partial charge in [0.05, 0.1) is 5.92 Å². The van der Waals surface area contributed by atoms with Gasteiger partial charge in [0.15, 0.2) is 0 Å². The molecular formula is C12H22F3NOS. The maximum absolute atomic E-state index is 12.6. The molecule has 4 unspecified atom stereocenters. The van der Waals surface area contributed by atoms with Gasteiger partial charge in [-0.3, -0.25) is 4.21 Å². The fourth-order valence-corrected chi connectivity index (χ4v) is 3.15. The molecule has 1 aliphatic carbocycles. The summed E-state index contributed by atoms with van der Waals surface area (Å²) in [5.41, 5.74) is 0. The van der Waals surface area contributed by atoms with Crippen LogP contribution >= 0.6 is 0 Å². The summed E-state index contributed by atoms with van der Waals surface area (Å²) < 4.78 is 48.9.